The summed E-state index contributed by atoms with van der Waals surface area (Å²) in [4.78, 5) is 16.5. The predicted molar refractivity (Wildman–Crippen MR) is 123 cm³/mol. The third-order valence-corrected chi connectivity index (χ3v) is 6.33. The molecule has 5 heterocycles. The highest BCUT2D eigenvalue weighted by molar-refractivity contribution is 5.93. The Balaban J connectivity index is 1.70. The van der Waals surface area contributed by atoms with Crippen molar-refractivity contribution in [3.05, 3.63) is 36.2 Å². The molecule has 168 valence electrons. The molecule has 4 aromatic rings. The summed E-state index contributed by atoms with van der Waals surface area (Å²) in [5, 5.41) is 4.86. The van der Waals surface area contributed by atoms with Crippen LogP contribution in [0.1, 0.15) is 32.3 Å². The molecule has 5 rings (SSSR count). The van der Waals surface area contributed by atoms with Crippen molar-refractivity contribution in [1.29, 1.82) is 0 Å². The van der Waals surface area contributed by atoms with Gasteiger partial charge in [-0.2, -0.15) is 5.10 Å². The Morgan fingerprint density at radius 3 is 2.78 bits per heavy atom. The zero-order valence-electron chi connectivity index (χ0n) is 19.1. The lowest BCUT2D eigenvalue weighted by Crippen LogP contribution is -2.51. The quantitative estimate of drug-likeness (QED) is 0.525. The number of ether oxygens (including phenoxy) is 1. The minimum absolute atomic E-state index is 0.0888. The Morgan fingerprint density at radius 1 is 1.25 bits per heavy atom. The number of likely N-dealkylation sites (N-methyl/N-ethyl adjacent to an activating group) is 1. The molecule has 0 saturated carbocycles. The van der Waals surface area contributed by atoms with Gasteiger partial charge in [0.25, 0.3) is 0 Å². The first kappa shape index (κ1) is 20.7. The molecule has 1 N–H and O–H groups in total. The van der Waals surface area contributed by atoms with Crippen LogP contribution in [0.2, 0.25) is 0 Å². The van der Waals surface area contributed by atoms with Crippen LogP contribution in [0, 0.1) is 5.82 Å². The van der Waals surface area contributed by atoms with Crippen molar-refractivity contribution in [2.24, 2.45) is 0 Å². The molecule has 0 bridgehead atoms. The highest BCUT2D eigenvalue weighted by Crippen LogP contribution is 2.40. The Morgan fingerprint density at radius 2 is 2.06 bits per heavy atom. The largest absolute Gasteiger partial charge is 0.493 e. The van der Waals surface area contributed by atoms with Gasteiger partial charge in [0.2, 0.25) is 0 Å². The third kappa shape index (κ3) is 3.19. The lowest BCUT2D eigenvalue weighted by atomic mass is 9.96. The van der Waals surface area contributed by atoms with E-state index in [1.165, 1.54) is 6.33 Å². The molecular weight excluding hydrogens is 409 g/mol. The zero-order valence-corrected chi connectivity index (χ0v) is 19.1. The fourth-order valence-electron chi connectivity index (χ4n) is 4.80. The average molecular weight is 438 g/mol. The van der Waals surface area contributed by atoms with Crippen LogP contribution in [-0.2, 0) is 0 Å². The first-order valence-corrected chi connectivity index (χ1v) is 10.9. The maximum Gasteiger partial charge on any atom is 0.197 e. The van der Waals surface area contributed by atoms with Gasteiger partial charge < -0.3 is 19.5 Å². The smallest absolute Gasteiger partial charge is 0.197 e. The lowest BCUT2D eigenvalue weighted by Gasteiger charge is -2.39. The maximum atomic E-state index is 16.0. The zero-order chi connectivity index (χ0) is 22.6. The number of nitrogens with one attached hydrogen (secondary N) is 1. The van der Waals surface area contributed by atoms with Gasteiger partial charge in [0.05, 0.1) is 24.5 Å². The number of halogens is 1. The molecule has 1 unspecified atom stereocenters. The second-order valence-corrected chi connectivity index (χ2v) is 8.88. The standard InChI is InChI=1S/C23H28FN7O/c1-13(2)18-19-16(9-25-23(20(19)24)30-7-6-29(4)10-14(30)3)28-21(18)15-8-17(32-5)22-26-12-27-31(22)11-15/h8-9,11-14,28H,6-7,10H2,1-5H3. The van der Waals surface area contributed by atoms with Gasteiger partial charge in [-0.1, -0.05) is 13.8 Å². The molecule has 1 saturated heterocycles. The molecule has 1 aliphatic rings. The van der Waals surface area contributed by atoms with Crippen LogP contribution >= 0.6 is 0 Å². The van der Waals surface area contributed by atoms with Crippen LogP contribution < -0.4 is 9.64 Å². The van der Waals surface area contributed by atoms with Gasteiger partial charge in [-0.15, -0.1) is 0 Å². The maximum absolute atomic E-state index is 16.0. The summed E-state index contributed by atoms with van der Waals surface area (Å²) in [7, 11) is 3.70. The van der Waals surface area contributed by atoms with Crippen molar-refractivity contribution in [2.75, 3.05) is 38.7 Å². The SMILES string of the molecule is COc1cc(-c2[nH]c3cnc(N4CCN(C)CC4C)c(F)c3c2C(C)C)cn2ncnc12. The summed E-state index contributed by atoms with van der Waals surface area (Å²) in [6.45, 7) is 8.79. The Hall–Kier alpha value is -3.20. The van der Waals surface area contributed by atoms with Gasteiger partial charge in [0, 0.05) is 42.8 Å². The molecule has 0 spiro atoms. The number of nitrogens with zero attached hydrogens (tertiary/aromatic N) is 6. The normalized spacial score (nSPS) is 17.7. The van der Waals surface area contributed by atoms with Gasteiger partial charge in [0.15, 0.2) is 23.0 Å². The molecule has 0 amide bonds. The van der Waals surface area contributed by atoms with Crippen LogP contribution in [0.4, 0.5) is 10.2 Å². The van der Waals surface area contributed by atoms with Crippen LogP contribution in [0.25, 0.3) is 27.8 Å². The molecule has 1 aliphatic heterocycles. The van der Waals surface area contributed by atoms with Crippen LogP contribution in [0.5, 0.6) is 5.75 Å². The van der Waals surface area contributed by atoms with Crippen molar-refractivity contribution in [3.63, 3.8) is 0 Å². The van der Waals surface area contributed by atoms with E-state index in [0.717, 1.165) is 36.5 Å². The molecule has 0 aromatic carbocycles. The van der Waals surface area contributed by atoms with Crippen molar-refractivity contribution in [2.45, 2.75) is 32.7 Å². The van der Waals surface area contributed by atoms with Crippen molar-refractivity contribution < 1.29 is 9.13 Å². The molecule has 4 aromatic heterocycles. The van der Waals surface area contributed by atoms with E-state index < -0.39 is 0 Å². The number of aromatic nitrogens is 5. The summed E-state index contributed by atoms with van der Waals surface area (Å²) >= 11 is 0. The molecule has 0 aliphatic carbocycles. The lowest BCUT2D eigenvalue weighted by molar-refractivity contribution is 0.273. The van der Waals surface area contributed by atoms with E-state index in [0.29, 0.717) is 28.1 Å². The molecule has 9 heteroatoms. The Kier molecular flexibility index (Phi) is 5.00. The van der Waals surface area contributed by atoms with Gasteiger partial charge in [0.1, 0.15) is 6.33 Å². The predicted octanol–water partition coefficient (Wildman–Crippen LogP) is 3.68. The average Bonchev–Trinajstić information content (AvgIpc) is 3.39. The van der Waals surface area contributed by atoms with E-state index in [2.05, 4.69) is 57.7 Å². The highest BCUT2D eigenvalue weighted by atomic mass is 19.1. The van der Waals surface area contributed by atoms with E-state index in [1.54, 1.807) is 17.8 Å². The number of hydrogen-bond acceptors (Lipinski definition) is 6. The molecule has 0 radical (unpaired) electrons. The Bertz CT molecular complexity index is 1290. The van der Waals surface area contributed by atoms with Gasteiger partial charge >= 0.3 is 0 Å². The molecule has 8 nitrogen and oxygen atoms in total. The number of hydrogen-bond donors (Lipinski definition) is 1. The molecule has 32 heavy (non-hydrogen) atoms. The second kappa shape index (κ2) is 7.74. The number of pyridine rings is 2. The van der Waals surface area contributed by atoms with Gasteiger partial charge in [-0.05, 0) is 31.5 Å². The number of piperazine rings is 1. The molecule has 1 atom stereocenters. The summed E-state index contributed by atoms with van der Waals surface area (Å²) < 4.78 is 23.2. The van der Waals surface area contributed by atoms with Crippen molar-refractivity contribution >= 4 is 22.4 Å². The van der Waals surface area contributed by atoms with Crippen LogP contribution in [0.3, 0.4) is 0 Å². The second-order valence-electron chi connectivity index (χ2n) is 8.88. The number of rotatable bonds is 4. The fourth-order valence-corrected chi connectivity index (χ4v) is 4.80. The summed E-state index contributed by atoms with van der Waals surface area (Å²) in [5.74, 6) is 0.860. The van der Waals surface area contributed by atoms with Crippen LogP contribution in [-0.4, -0.2) is 69.3 Å². The highest BCUT2D eigenvalue weighted by Gasteiger charge is 2.28. The minimum atomic E-state index is -0.265. The number of methoxy groups -OCH3 is 1. The number of H-pyrrole nitrogens is 1. The number of anilines is 1. The van der Waals surface area contributed by atoms with E-state index in [-0.39, 0.29) is 17.8 Å². The summed E-state index contributed by atoms with van der Waals surface area (Å²) in [5.41, 5.74) is 3.94. The van der Waals surface area contributed by atoms with Gasteiger partial charge in [-0.25, -0.2) is 18.9 Å². The van der Waals surface area contributed by atoms with E-state index in [9.17, 15) is 0 Å². The summed E-state index contributed by atoms with van der Waals surface area (Å²) in [6.07, 6.45) is 5.12. The van der Waals surface area contributed by atoms with E-state index >= 15 is 4.39 Å². The molecule has 1 fully saturated rings. The first-order chi connectivity index (χ1) is 15.4. The fraction of sp³-hybridized carbons (Fsp3) is 0.435. The first-order valence-electron chi connectivity index (χ1n) is 10.9. The monoisotopic (exact) mass is 437 g/mol. The summed E-state index contributed by atoms with van der Waals surface area (Å²) in [6, 6.07) is 2.10. The van der Waals surface area contributed by atoms with Crippen molar-refractivity contribution in [1.82, 2.24) is 29.5 Å². The number of fused-ring (bicyclic) bond motifs is 2. The Labute approximate surface area is 186 Å². The third-order valence-electron chi connectivity index (χ3n) is 6.33. The molecular formula is C23H28FN7O. The minimum Gasteiger partial charge on any atom is -0.493 e. The van der Waals surface area contributed by atoms with E-state index in [4.69, 9.17) is 4.74 Å². The van der Waals surface area contributed by atoms with Gasteiger partial charge in [-0.3, -0.25) is 0 Å². The van der Waals surface area contributed by atoms with E-state index in [1.807, 2.05) is 12.3 Å². The topological polar surface area (TPSA) is 74.6 Å². The van der Waals surface area contributed by atoms with Crippen LogP contribution in [0.15, 0.2) is 24.8 Å². The number of aromatic amines is 1. The van der Waals surface area contributed by atoms with Crippen molar-refractivity contribution in [3.8, 4) is 17.0 Å².